The summed E-state index contributed by atoms with van der Waals surface area (Å²) in [5.74, 6) is 2.22. The first-order chi connectivity index (χ1) is 17.8. The van der Waals surface area contributed by atoms with Gasteiger partial charge in [-0.25, -0.2) is 9.97 Å². The van der Waals surface area contributed by atoms with Crippen molar-refractivity contribution in [2.24, 2.45) is 0 Å². The van der Waals surface area contributed by atoms with Crippen molar-refractivity contribution in [2.75, 3.05) is 0 Å². The fraction of sp³-hybridized carbons (Fsp3) is 0.194. The molecule has 4 heterocycles. The molecular formula is C31H27N4O2Pt-. The molecule has 1 N–H and O–H groups in total. The summed E-state index contributed by atoms with van der Waals surface area (Å²) in [6.45, 7) is 10.2. The van der Waals surface area contributed by atoms with E-state index in [4.69, 9.17) is 9.72 Å². The third kappa shape index (κ3) is 4.23. The van der Waals surface area contributed by atoms with Crippen LogP contribution < -0.4 is 4.74 Å². The van der Waals surface area contributed by atoms with E-state index in [9.17, 15) is 5.11 Å². The van der Waals surface area contributed by atoms with Crippen molar-refractivity contribution < 1.29 is 30.9 Å². The van der Waals surface area contributed by atoms with Crippen molar-refractivity contribution in [3.05, 3.63) is 89.4 Å². The Bertz CT molecular complexity index is 1830. The summed E-state index contributed by atoms with van der Waals surface area (Å²) in [6, 6.07) is 19.2. The Morgan fingerprint density at radius 1 is 0.921 bits per heavy atom. The number of phenols is 1. The van der Waals surface area contributed by atoms with Gasteiger partial charge in [0, 0.05) is 61.9 Å². The van der Waals surface area contributed by atoms with Gasteiger partial charge in [-0.3, -0.25) is 4.98 Å². The molecule has 2 aromatic carbocycles. The summed E-state index contributed by atoms with van der Waals surface area (Å²) in [5.41, 5.74) is 6.23. The van der Waals surface area contributed by atoms with Gasteiger partial charge < -0.3 is 14.4 Å². The summed E-state index contributed by atoms with van der Waals surface area (Å²) in [5, 5.41) is 13.6. The number of phenolic OH excluding ortho intramolecular Hbond substituents is 1. The van der Waals surface area contributed by atoms with E-state index in [0.29, 0.717) is 23.1 Å². The molecule has 194 valence electrons. The fourth-order valence-electron chi connectivity index (χ4n) is 4.91. The molecule has 0 saturated carbocycles. The zero-order valence-corrected chi connectivity index (χ0v) is 24.1. The Balaban J connectivity index is 0.00000294. The maximum atomic E-state index is 10.6. The van der Waals surface area contributed by atoms with Gasteiger partial charge in [0.25, 0.3) is 0 Å². The molecule has 0 fully saturated rings. The Kier molecular flexibility index (Phi) is 6.70. The van der Waals surface area contributed by atoms with E-state index in [1.807, 2.05) is 62.5 Å². The van der Waals surface area contributed by atoms with Gasteiger partial charge in [-0.15, -0.1) is 17.7 Å². The van der Waals surface area contributed by atoms with Crippen molar-refractivity contribution in [1.82, 2.24) is 19.5 Å². The van der Waals surface area contributed by atoms with E-state index >= 15 is 0 Å². The van der Waals surface area contributed by atoms with Crippen LogP contribution in [0.15, 0.2) is 60.9 Å². The summed E-state index contributed by atoms with van der Waals surface area (Å²) in [7, 11) is 0. The minimum Gasteiger partial charge on any atom is -0.505 e. The number of aryl methyl sites for hydroxylation is 3. The molecule has 0 aliphatic rings. The van der Waals surface area contributed by atoms with Crippen LogP contribution in [0.5, 0.6) is 17.4 Å². The standard InChI is InChI=1S/C31H27N4O2.Pt/c1-17(2)24-15-25-23(16-33-24)29-20(5)12-21(14-26(29)35(25)27-8-6-7-11-32-27)37-28-13-19(4)22-10-9-18(3)31(36)30(22)34-28;/h6-13,15-17,36H,1-5H3;/q-1;. The zero-order valence-electron chi connectivity index (χ0n) is 21.8. The number of aromatic nitrogens is 4. The molecule has 0 unspecified atom stereocenters. The topological polar surface area (TPSA) is 73.1 Å². The van der Waals surface area contributed by atoms with Gasteiger partial charge in [0.2, 0.25) is 5.88 Å². The van der Waals surface area contributed by atoms with Crippen molar-refractivity contribution >= 4 is 32.7 Å². The largest absolute Gasteiger partial charge is 0.505 e. The van der Waals surface area contributed by atoms with Crippen LogP contribution >= 0.6 is 0 Å². The van der Waals surface area contributed by atoms with Gasteiger partial charge in [-0.1, -0.05) is 49.9 Å². The van der Waals surface area contributed by atoms with Gasteiger partial charge in [-0.2, -0.15) is 0 Å². The smallest absolute Gasteiger partial charge is 0.217 e. The molecule has 0 aliphatic heterocycles. The van der Waals surface area contributed by atoms with Gasteiger partial charge >= 0.3 is 0 Å². The number of pyridine rings is 3. The second-order valence-corrected chi connectivity index (χ2v) is 9.85. The molecule has 7 heteroatoms. The average molecular weight is 683 g/mol. The summed E-state index contributed by atoms with van der Waals surface area (Å²) in [4.78, 5) is 14.0. The van der Waals surface area contributed by atoms with Crippen LogP contribution in [-0.4, -0.2) is 24.6 Å². The minimum absolute atomic E-state index is 0. The quantitative estimate of drug-likeness (QED) is 0.196. The predicted molar refractivity (Wildman–Crippen MR) is 147 cm³/mol. The van der Waals surface area contributed by atoms with Crippen LogP contribution in [0.3, 0.4) is 0 Å². The number of ether oxygens (including phenoxy) is 1. The third-order valence-corrected chi connectivity index (χ3v) is 6.88. The van der Waals surface area contributed by atoms with Gasteiger partial charge in [0.15, 0.2) is 0 Å². The van der Waals surface area contributed by atoms with Crippen LogP contribution in [0.25, 0.3) is 38.5 Å². The SMILES string of the molecule is Cc1ccc2c(C)cc(Oc3[c-]c4c(c(C)c3)c3cnc(C(C)C)cc3n4-c3ccccn3)nc2c1O.[Pt]. The van der Waals surface area contributed by atoms with E-state index in [-0.39, 0.29) is 26.8 Å². The second kappa shape index (κ2) is 9.84. The maximum absolute atomic E-state index is 10.6. The molecule has 0 amide bonds. The molecule has 0 saturated heterocycles. The molecule has 6 nitrogen and oxygen atoms in total. The number of aromatic hydroxyl groups is 1. The van der Waals surface area contributed by atoms with Crippen molar-refractivity contribution in [1.29, 1.82) is 0 Å². The first-order valence-corrected chi connectivity index (χ1v) is 12.4. The van der Waals surface area contributed by atoms with Gasteiger partial charge in [0.1, 0.15) is 17.1 Å². The Morgan fingerprint density at radius 3 is 2.47 bits per heavy atom. The molecule has 6 rings (SSSR count). The molecular weight excluding hydrogens is 655 g/mol. The number of benzene rings is 2. The van der Waals surface area contributed by atoms with E-state index in [2.05, 4.69) is 47.4 Å². The summed E-state index contributed by atoms with van der Waals surface area (Å²) >= 11 is 0. The monoisotopic (exact) mass is 682 g/mol. The normalized spacial score (nSPS) is 11.4. The molecule has 0 bridgehead atoms. The van der Waals surface area contributed by atoms with E-state index in [1.54, 1.807) is 6.20 Å². The third-order valence-electron chi connectivity index (χ3n) is 6.88. The number of hydrogen-bond donors (Lipinski definition) is 1. The van der Waals surface area contributed by atoms with Crippen LogP contribution in [0, 0.1) is 26.8 Å². The number of rotatable bonds is 4. The van der Waals surface area contributed by atoms with Crippen molar-refractivity contribution in [3.8, 4) is 23.2 Å². The van der Waals surface area contributed by atoms with Crippen molar-refractivity contribution in [2.45, 2.75) is 40.5 Å². The fourth-order valence-corrected chi connectivity index (χ4v) is 4.91. The molecule has 0 atom stereocenters. The van der Waals surface area contributed by atoms with Crippen LogP contribution in [-0.2, 0) is 21.1 Å². The predicted octanol–water partition coefficient (Wildman–Crippen LogP) is 7.47. The molecule has 4 aromatic heterocycles. The van der Waals surface area contributed by atoms with Gasteiger partial charge in [0.05, 0.1) is 0 Å². The van der Waals surface area contributed by atoms with Crippen molar-refractivity contribution in [3.63, 3.8) is 0 Å². The molecule has 0 spiro atoms. The molecule has 6 aromatic rings. The van der Waals surface area contributed by atoms with E-state index < -0.39 is 0 Å². The Labute approximate surface area is 235 Å². The minimum atomic E-state index is 0. The Morgan fingerprint density at radius 2 is 1.74 bits per heavy atom. The molecule has 0 radical (unpaired) electrons. The van der Waals surface area contributed by atoms with Crippen LogP contribution in [0.4, 0.5) is 0 Å². The first kappa shape index (κ1) is 25.9. The first-order valence-electron chi connectivity index (χ1n) is 12.4. The van der Waals surface area contributed by atoms with Crippen LogP contribution in [0.1, 0.15) is 42.1 Å². The van der Waals surface area contributed by atoms with Gasteiger partial charge in [-0.05, 0) is 54.5 Å². The molecule has 38 heavy (non-hydrogen) atoms. The maximum Gasteiger partial charge on any atom is 0.217 e. The average Bonchev–Trinajstić information content (AvgIpc) is 3.20. The molecule has 0 aliphatic carbocycles. The number of nitrogens with zero attached hydrogens (tertiary/aromatic N) is 4. The van der Waals surface area contributed by atoms with E-state index in [0.717, 1.165) is 55.4 Å². The second-order valence-electron chi connectivity index (χ2n) is 9.85. The number of fused-ring (bicyclic) bond motifs is 4. The number of hydrogen-bond acceptors (Lipinski definition) is 5. The van der Waals surface area contributed by atoms with Crippen LogP contribution in [0.2, 0.25) is 0 Å². The van der Waals surface area contributed by atoms with E-state index in [1.165, 1.54) is 0 Å². The Hall–Kier alpha value is -3.76. The zero-order chi connectivity index (χ0) is 25.8. The summed E-state index contributed by atoms with van der Waals surface area (Å²) < 4.78 is 8.39. The summed E-state index contributed by atoms with van der Waals surface area (Å²) in [6.07, 6.45) is 3.74.